The summed E-state index contributed by atoms with van der Waals surface area (Å²) < 4.78 is 2.01. The van der Waals surface area contributed by atoms with Gasteiger partial charge in [0.15, 0.2) is 5.43 Å². The summed E-state index contributed by atoms with van der Waals surface area (Å²) >= 11 is 1.59. The molecule has 1 aromatic carbocycles. The Hall–Kier alpha value is -1.87. The molecule has 0 saturated carbocycles. The highest BCUT2D eigenvalue weighted by molar-refractivity contribution is 7.13. The van der Waals surface area contributed by atoms with E-state index in [1.54, 1.807) is 11.3 Å². The number of nitrogens with zero attached hydrogens (tertiary/aromatic N) is 1. The maximum atomic E-state index is 12.4. The molecule has 17 heavy (non-hydrogen) atoms. The van der Waals surface area contributed by atoms with Gasteiger partial charge in [0.1, 0.15) is 0 Å². The maximum absolute atomic E-state index is 12.4. The topological polar surface area (TPSA) is 22.0 Å². The molecule has 0 aliphatic carbocycles. The van der Waals surface area contributed by atoms with Gasteiger partial charge in [-0.1, -0.05) is 18.2 Å². The summed E-state index contributed by atoms with van der Waals surface area (Å²) in [7, 11) is 1.97. The summed E-state index contributed by atoms with van der Waals surface area (Å²) in [5, 5.41) is 2.77. The van der Waals surface area contributed by atoms with E-state index in [9.17, 15) is 4.79 Å². The van der Waals surface area contributed by atoms with E-state index in [0.29, 0.717) is 0 Å². The van der Waals surface area contributed by atoms with Gasteiger partial charge in [0.05, 0.1) is 11.1 Å². The van der Waals surface area contributed by atoms with Gasteiger partial charge in [0.2, 0.25) is 0 Å². The monoisotopic (exact) mass is 241 g/mol. The number of hydrogen-bond donors (Lipinski definition) is 0. The van der Waals surface area contributed by atoms with Crippen molar-refractivity contribution >= 4 is 22.2 Å². The Kier molecular flexibility index (Phi) is 2.34. The molecule has 2 aromatic heterocycles. The lowest BCUT2D eigenvalue weighted by Gasteiger charge is -2.07. The van der Waals surface area contributed by atoms with Crippen LogP contribution >= 0.6 is 11.3 Å². The van der Waals surface area contributed by atoms with Crippen molar-refractivity contribution in [1.29, 1.82) is 0 Å². The molecule has 3 aromatic rings. The van der Waals surface area contributed by atoms with Gasteiger partial charge in [-0.05, 0) is 23.6 Å². The molecule has 0 amide bonds. The van der Waals surface area contributed by atoms with Crippen molar-refractivity contribution in [3.8, 4) is 10.4 Å². The third-order valence-electron chi connectivity index (χ3n) is 2.88. The fourth-order valence-electron chi connectivity index (χ4n) is 2.05. The molecule has 0 atom stereocenters. The highest BCUT2D eigenvalue weighted by atomic mass is 32.1. The first-order chi connectivity index (χ1) is 8.27. The minimum atomic E-state index is 0.112. The van der Waals surface area contributed by atoms with Gasteiger partial charge >= 0.3 is 0 Å². The number of benzene rings is 1. The van der Waals surface area contributed by atoms with Crippen molar-refractivity contribution in [2.24, 2.45) is 7.05 Å². The number of rotatable bonds is 1. The summed E-state index contributed by atoms with van der Waals surface area (Å²) in [5.74, 6) is 0. The van der Waals surface area contributed by atoms with E-state index in [0.717, 1.165) is 21.3 Å². The van der Waals surface area contributed by atoms with E-state index in [2.05, 4.69) is 0 Å². The van der Waals surface area contributed by atoms with Gasteiger partial charge < -0.3 is 4.57 Å². The van der Waals surface area contributed by atoms with Crippen LogP contribution in [0.3, 0.4) is 0 Å². The zero-order chi connectivity index (χ0) is 11.8. The Morgan fingerprint density at radius 3 is 2.71 bits per heavy atom. The first kappa shape index (κ1) is 10.3. The number of aromatic nitrogens is 1. The van der Waals surface area contributed by atoms with Gasteiger partial charge in [-0.25, -0.2) is 0 Å². The number of aryl methyl sites for hydroxylation is 1. The zero-order valence-electron chi connectivity index (χ0n) is 9.38. The van der Waals surface area contributed by atoms with Crippen molar-refractivity contribution < 1.29 is 0 Å². The van der Waals surface area contributed by atoms with Gasteiger partial charge in [0, 0.05) is 23.5 Å². The third kappa shape index (κ3) is 1.59. The van der Waals surface area contributed by atoms with Crippen LogP contribution in [-0.2, 0) is 7.05 Å². The quantitative estimate of drug-likeness (QED) is 0.641. The normalized spacial score (nSPS) is 10.9. The molecule has 0 bridgehead atoms. The fraction of sp³-hybridized carbons (Fsp3) is 0.0714. The summed E-state index contributed by atoms with van der Waals surface area (Å²) in [6, 6.07) is 11.7. The molecule has 3 heteroatoms. The van der Waals surface area contributed by atoms with Crippen LogP contribution in [0.1, 0.15) is 0 Å². The molecule has 0 radical (unpaired) electrons. The number of pyridine rings is 1. The average Bonchev–Trinajstić information content (AvgIpc) is 2.87. The zero-order valence-corrected chi connectivity index (χ0v) is 10.2. The molecule has 0 aliphatic rings. The van der Waals surface area contributed by atoms with Crippen molar-refractivity contribution in [2.45, 2.75) is 0 Å². The van der Waals surface area contributed by atoms with Crippen molar-refractivity contribution in [3.63, 3.8) is 0 Å². The minimum absolute atomic E-state index is 0.112. The van der Waals surface area contributed by atoms with Crippen molar-refractivity contribution in [2.75, 3.05) is 0 Å². The number of thiophene rings is 1. The second-order valence-electron chi connectivity index (χ2n) is 3.98. The molecule has 84 valence electrons. The van der Waals surface area contributed by atoms with Crippen molar-refractivity contribution in [3.05, 3.63) is 58.2 Å². The van der Waals surface area contributed by atoms with Crippen LogP contribution in [0, 0.1) is 0 Å². The predicted molar refractivity (Wildman–Crippen MR) is 72.5 cm³/mol. The second kappa shape index (κ2) is 3.86. The SMILES string of the molecule is Cn1cc(-c2cccs2)c(=O)c2ccccc21. The largest absolute Gasteiger partial charge is 0.350 e. The predicted octanol–water partition coefficient (Wildman–Crippen LogP) is 3.27. The summed E-state index contributed by atoms with van der Waals surface area (Å²) in [5.41, 5.74) is 1.86. The van der Waals surface area contributed by atoms with Gasteiger partial charge in [-0.3, -0.25) is 4.79 Å². The van der Waals surface area contributed by atoms with E-state index in [1.165, 1.54) is 0 Å². The van der Waals surface area contributed by atoms with E-state index in [4.69, 9.17) is 0 Å². The van der Waals surface area contributed by atoms with Gasteiger partial charge in [-0.2, -0.15) is 0 Å². The second-order valence-corrected chi connectivity index (χ2v) is 4.92. The lowest BCUT2D eigenvalue weighted by molar-refractivity contribution is 0.953. The Morgan fingerprint density at radius 1 is 1.12 bits per heavy atom. The highest BCUT2D eigenvalue weighted by Gasteiger charge is 2.09. The molecule has 3 rings (SSSR count). The van der Waals surface area contributed by atoms with Crippen LogP contribution in [0.4, 0.5) is 0 Å². The summed E-state index contributed by atoms with van der Waals surface area (Å²) in [4.78, 5) is 13.4. The number of hydrogen-bond acceptors (Lipinski definition) is 2. The van der Waals surface area contributed by atoms with Crippen molar-refractivity contribution in [1.82, 2.24) is 4.57 Å². The van der Waals surface area contributed by atoms with E-state index in [1.807, 2.05) is 59.6 Å². The smallest absolute Gasteiger partial charge is 0.198 e. The van der Waals surface area contributed by atoms with E-state index in [-0.39, 0.29) is 5.43 Å². The van der Waals surface area contributed by atoms with Gasteiger partial charge in [0.25, 0.3) is 0 Å². The molecule has 0 saturated heterocycles. The first-order valence-electron chi connectivity index (χ1n) is 5.39. The Balaban J connectivity index is 2.43. The summed E-state index contributed by atoms with van der Waals surface area (Å²) in [6.07, 6.45) is 1.91. The molecular formula is C14H11NOS. The van der Waals surface area contributed by atoms with Crippen LogP contribution in [0.5, 0.6) is 0 Å². The molecule has 0 aliphatic heterocycles. The molecule has 0 fully saturated rings. The van der Waals surface area contributed by atoms with Crippen LogP contribution in [0.2, 0.25) is 0 Å². The Bertz CT molecular complexity index is 726. The lowest BCUT2D eigenvalue weighted by Crippen LogP contribution is -2.09. The Morgan fingerprint density at radius 2 is 1.94 bits per heavy atom. The Labute approximate surface area is 103 Å². The number of fused-ring (bicyclic) bond motifs is 1. The van der Waals surface area contributed by atoms with Crippen LogP contribution < -0.4 is 5.43 Å². The molecular weight excluding hydrogens is 230 g/mol. The number of para-hydroxylation sites is 1. The standard InChI is InChI=1S/C14H11NOS/c1-15-9-11(13-7-4-8-17-13)14(16)10-5-2-3-6-12(10)15/h2-9H,1H3. The van der Waals surface area contributed by atoms with E-state index >= 15 is 0 Å². The average molecular weight is 241 g/mol. The maximum Gasteiger partial charge on any atom is 0.198 e. The molecule has 0 N–H and O–H groups in total. The summed E-state index contributed by atoms with van der Waals surface area (Å²) in [6.45, 7) is 0. The fourth-order valence-corrected chi connectivity index (χ4v) is 2.78. The molecule has 0 unspecified atom stereocenters. The van der Waals surface area contributed by atoms with E-state index < -0.39 is 0 Å². The van der Waals surface area contributed by atoms with Gasteiger partial charge in [-0.15, -0.1) is 11.3 Å². The van der Waals surface area contributed by atoms with Crippen LogP contribution in [0.15, 0.2) is 52.8 Å². The lowest BCUT2D eigenvalue weighted by atomic mass is 10.1. The molecule has 0 spiro atoms. The highest BCUT2D eigenvalue weighted by Crippen LogP contribution is 2.23. The minimum Gasteiger partial charge on any atom is -0.350 e. The molecule has 2 nitrogen and oxygen atoms in total. The van der Waals surface area contributed by atoms with Crippen LogP contribution in [0.25, 0.3) is 21.3 Å². The first-order valence-corrected chi connectivity index (χ1v) is 6.27. The molecule has 2 heterocycles. The third-order valence-corrected chi connectivity index (χ3v) is 3.79. The van der Waals surface area contributed by atoms with Crippen LogP contribution in [-0.4, -0.2) is 4.57 Å².